The predicted molar refractivity (Wildman–Crippen MR) is 59.7 cm³/mol. The van der Waals surface area contributed by atoms with Crippen molar-refractivity contribution in [1.29, 1.82) is 0 Å². The second kappa shape index (κ2) is 3.46. The Kier molecular flexibility index (Phi) is 2.14. The second-order valence-corrected chi connectivity index (χ2v) is 3.25. The number of aromatic nitrogens is 1. The molecule has 0 spiro atoms. The molecule has 0 unspecified atom stereocenters. The zero-order chi connectivity index (χ0) is 9.97. The molecule has 0 amide bonds. The van der Waals surface area contributed by atoms with E-state index in [1.54, 1.807) is 0 Å². The molecule has 0 saturated heterocycles. The fraction of sp³-hybridized carbons (Fsp3) is 0.0909. The van der Waals surface area contributed by atoms with Crippen LogP contribution in [-0.4, -0.2) is 4.98 Å². The maximum Gasteiger partial charge on any atom is 0.107 e. The number of hydrogen-bond acceptors (Lipinski definition) is 2. The summed E-state index contributed by atoms with van der Waals surface area (Å²) in [5, 5.41) is 3.24. The normalized spacial score (nSPS) is 10.1. The molecule has 14 heavy (non-hydrogen) atoms. The summed E-state index contributed by atoms with van der Waals surface area (Å²) in [5.41, 5.74) is 8.73. The fourth-order valence-corrected chi connectivity index (χ4v) is 1.40. The number of aryl methyl sites for hydroxylation is 1. The molecular weight excluding hydrogens is 174 g/mol. The molecule has 0 radical (unpaired) electrons. The molecule has 0 atom stereocenters. The van der Waals surface area contributed by atoms with Gasteiger partial charge in [-0.1, -0.05) is 12.1 Å². The van der Waals surface area contributed by atoms with E-state index in [9.17, 15) is 0 Å². The Balaban J connectivity index is 2.33. The number of aromatic amines is 1. The summed E-state index contributed by atoms with van der Waals surface area (Å²) < 4.78 is 0. The molecule has 1 aromatic carbocycles. The Bertz CT molecular complexity index is 398. The van der Waals surface area contributed by atoms with E-state index >= 15 is 0 Å². The second-order valence-electron chi connectivity index (χ2n) is 3.25. The number of hydrogen-bond donors (Lipinski definition) is 3. The summed E-state index contributed by atoms with van der Waals surface area (Å²) in [6, 6.07) is 9.77. The Morgan fingerprint density at radius 3 is 2.71 bits per heavy atom. The third kappa shape index (κ3) is 1.57. The van der Waals surface area contributed by atoms with Gasteiger partial charge in [-0.2, -0.15) is 0 Å². The lowest BCUT2D eigenvalue weighted by Crippen LogP contribution is -1.98. The van der Waals surface area contributed by atoms with Gasteiger partial charge in [0.05, 0.1) is 11.4 Å². The van der Waals surface area contributed by atoms with Crippen molar-refractivity contribution in [2.75, 3.05) is 11.1 Å². The number of H-pyrrole nitrogens is 1. The largest absolute Gasteiger partial charge is 0.397 e. The zero-order valence-electron chi connectivity index (χ0n) is 8.04. The van der Waals surface area contributed by atoms with Crippen LogP contribution in [-0.2, 0) is 0 Å². The standard InChI is InChI=1S/C11H13N3/c1-8-4-2-5-9(12)11(8)14-10-6-3-7-13-10/h2-7,13-14H,12H2,1H3. The summed E-state index contributed by atoms with van der Waals surface area (Å²) >= 11 is 0. The minimum Gasteiger partial charge on any atom is -0.397 e. The number of anilines is 3. The first-order valence-corrected chi connectivity index (χ1v) is 4.53. The average Bonchev–Trinajstić information content (AvgIpc) is 2.64. The molecule has 0 aliphatic rings. The van der Waals surface area contributed by atoms with Gasteiger partial charge in [0.25, 0.3) is 0 Å². The van der Waals surface area contributed by atoms with Crippen LogP contribution in [0.4, 0.5) is 17.2 Å². The van der Waals surface area contributed by atoms with Crippen LogP contribution in [0.5, 0.6) is 0 Å². The third-order valence-electron chi connectivity index (χ3n) is 2.16. The van der Waals surface area contributed by atoms with Crippen LogP contribution in [0.3, 0.4) is 0 Å². The number of nitrogens with one attached hydrogen (secondary N) is 2. The van der Waals surface area contributed by atoms with Gasteiger partial charge in [-0.15, -0.1) is 0 Å². The van der Waals surface area contributed by atoms with E-state index in [2.05, 4.69) is 10.3 Å². The Morgan fingerprint density at radius 2 is 2.07 bits per heavy atom. The molecule has 2 aromatic rings. The lowest BCUT2D eigenvalue weighted by molar-refractivity contribution is 1.35. The smallest absolute Gasteiger partial charge is 0.107 e. The van der Waals surface area contributed by atoms with E-state index < -0.39 is 0 Å². The molecule has 3 nitrogen and oxygen atoms in total. The number of benzene rings is 1. The highest BCUT2D eigenvalue weighted by Crippen LogP contribution is 2.25. The van der Waals surface area contributed by atoms with Gasteiger partial charge < -0.3 is 16.0 Å². The van der Waals surface area contributed by atoms with Crippen molar-refractivity contribution >= 4 is 17.2 Å². The maximum absolute atomic E-state index is 5.86. The summed E-state index contributed by atoms with van der Waals surface area (Å²) in [5.74, 6) is 0.950. The van der Waals surface area contributed by atoms with E-state index in [0.29, 0.717) is 0 Å². The van der Waals surface area contributed by atoms with Gasteiger partial charge in [-0.3, -0.25) is 0 Å². The Hall–Kier alpha value is -1.90. The molecule has 0 aliphatic carbocycles. The number of para-hydroxylation sites is 1. The minimum atomic E-state index is 0.764. The van der Waals surface area contributed by atoms with Crippen LogP contribution < -0.4 is 11.1 Å². The predicted octanol–water partition coefficient (Wildman–Crippen LogP) is 2.65. The third-order valence-corrected chi connectivity index (χ3v) is 2.16. The van der Waals surface area contributed by atoms with Crippen LogP contribution in [0.25, 0.3) is 0 Å². The SMILES string of the molecule is Cc1cccc(N)c1Nc1ccc[nH]1. The maximum atomic E-state index is 5.86. The molecule has 0 aliphatic heterocycles. The molecule has 1 aromatic heterocycles. The number of nitrogen functional groups attached to an aromatic ring is 1. The van der Waals surface area contributed by atoms with Crippen molar-refractivity contribution in [2.45, 2.75) is 6.92 Å². The highest BCUT2D eigenvalue weighted by Gasteiger charge is 2.02. The van der Waals surface area contributed by atoms with Crippen LogP contribution >= 0.6 is 0 Å². The zero-order valence-corrected chi connectivity index (χ0v) is 8.04. The van der Waals surface area contributed by atoms with Gasteiger partial charge in [0.2, 0.25) is 0 Å². The van der Waals surface area contributed by atoms with Gasteiger partial charge in [0, 0.05) is 6.20 Å². The molecular formula is C11H13N3. The van der Waals surface area contributed by atoms with Crippen molar-refractivity contribution in [3.05, 3.63) is 42.1 Å². The molecule has 4 N–H and O–H groups in total. The molecule has 2 rings (SSSR count). The summed E-state index contributed by atoms with van der Waals surface area (Å²) in [4.78, 5) is 3.07. The lowest BCUT2D eigenvalue weighted by atomic mass is 10.1. The first kappa shape index (κ1) is 8.69. The average molecular weight is 187 g/mol. The lowest BCUT2D eigenvalue weighted by Gasteiger charge is -2.10. The van der Waals surface area contributed by atoms with Gasteiger partial charge >= 0.3 is 0 Å². The van der Waals surface area contributed by atoms with Crippen LogP contribution in [0.1, 0.15) is 5.56 Å². The molecule has 0 bridgehead atoms. The van der Waals surface area contributed by atoms with Crippen LogP contribution in [0.2, 0.25) is 0 Å². The first-order valence-electron chi connectivity index (χ1n) is 4.53. The summed E-state index contributed by atoms with van der Waals surface area (Å²) in [7, 11) is 0. The van der Waals surface area contributed by atoms with E-state index in [4.69, 9.17) is 5.73 Å². The van der Waals surface area contributed by atoms with Crippen molar-refractivity contribution in [3.8, 4) is 0 Å². The van der Waals surface area contributed by atoms with Gasteiger partial charge in [-0.05, 0) is 30.7 Å². The van der Waals surface area contributed by atoms with Crippen LogP contribution in [0, 0.1) is 6.92 Å². The van der Waals surface area contributed by atoms with E-state index in [1.165, 1.54) is 0 Å². The van der Waals surface area contributed by atoms with Gasteiger partial charge in [0.15, 0.2) is 0 Å². The van der Waals surface area contributed by atoms with Crippen molar-refractivity contribution < 1.29 is 0 Å². The van der Waals surface area contributed by atoms with E-state index in [1.807, 2.05) is 43.5 Å². The van der Waals surface area contributed by atoms with Crippen molar-refractivity contribution in [2.24, 2.45) is 0 Å². The minimum absolute atomic E-state index is 0.764. The quantitative estimate of drug-likeness (QED) is 0.633. The molecule has 1 heterocycles. The van der Waals surface area contributed by atoms with Crippen LogP contribution in [0.15, 0.2) is 36.5 Å². The highest BCUT2D eigenvalue weighted by atomic mass is 15.0. The first-order chi connectivity index (χ1) is 6.77. The molecule has 72 valence electrons. The van der Waals surface area contributed by atoms with E-state index in [0.717, 1.165) is 22.8 Å². The highest BCUT2D eigenvalue weighted by molar-refractivity contribution is 5.74. The monoisotopic (exact) mass is 187 g/mol. The number of nitrogens with two attached hydrogens (primary N) is 1. The van der Waals surface area contributed by atoms with Crippen molar-refractivity contribution in [1.82, 2.24) is 4.98 Å². The van der Waals surface area contributed by atoms with Gasteiger partial charge in [-0.25, -0.2) is 0 Å². The van der Waals surface area contributed by atoms with Gasteiger partial charge in [0.1, 0.15) is 5.82 Å². The fourth-order valence-electron chi connectivity index (χ4n) is 1.40. The van der Waals surface area contributed by atoms with Crippen molar-refractivity contribution in [3.63, 3.8) is 0 Å². The Labute approximate surface area is 83.0 Å². The Morgan fingerprint density at radius 1 is 1.21 bits per heavy atom. The molecule has 0 fully saturated rings. The molecule has 3 heteroatoms. The summed E-state index contributed by atoms with van der Waals surface area (Å²) in [6.45, 7) is 2.03. The molecule has 0 saturated carbocycles. The summed E-state index contributed by atoms with van der Waals surface area (Å²) in [6.07, 6.45) is 1.87. The van der Waals surface area contributed by atoms with E-state index in [-0.39, 0.29) is 0 Å². The topological polar surface area (TPSA) is 53.8 Å². The number of rotatable bonds is 2.